The summed E-state index contributed by atoms with van der Waals surface area (Å²) >= 11 is 0. The predicted molar refractivity (Wildman–Crippen MR) is 67.4 cm³/mol. The molecule has 0 aliphatic rings. The van der Waals surface area contributed by atoms with Crippen molar-refractivity contribution >= 4 is 17.9 Å². The van der Waals surface area contributed by atoms with Gasteiger partial charge in [-0.1, -0.05) is 12.1 Å². The average Bonchev–Trinajstić information content (AvgIpc) is 2.35. The number of rotatable bonds is 5. The molecule has 3 amide bonds. The first-order chi connectivity index (χ1) is 8.90. The number of hydrogen-bond donors (Lipinski definition) is 4. The molecule has 102 valence electrons. The molecule has 1 unspecified atom stereocenters. The molecule has 1 aromatic carbocycles. The minimum absolute atomic E-state index is 0.179. The molecule has 7 nitrogen and oxygen atoms in total. The number of nitrogens with one attached hydrogen (secondary N) is 2. The van der Waals surface area contributed by atoms with Crippen molar-refractivity contribution in [3.8, 4) is 0 Å². The van der Waals surface area contributed by atoms with Gasteiger partial charge in [0.2, 0.25) is 5.91 Å². The number of carboxylic acid groups (broad SMARTS) is 1. The molecule has 0 saturated heterocycles. The fourth-order valence-corrected chi connectivity index (χ4v) is 1.39. The maximum absolute atomic E-state index is 11.6. The summed E-state index contributed by atoms with van der Waals surface area (Å²) < 4.78 is 0. The van der Waals surface area contributed by atoms with Gasteiger partial charge in [-0.3, -0.25) is 4.79 Å². The van der Waals surface area contributed by atoms with Gasteiger partial charge in [0.25, 0.3) is 0 Å². The fourth-order valence-electron chi connectivity index (χ4n) is 1.39. The van der Waals surface area contributed by atoms with Crippen LogP contribution in [0.1, 0.15) is 22.8 Å². The van der Waals surface area contributed by atoms with Crippen LogP contribution in [0, 0.1) is 0 Å². The molecule has 0 fully saturated rings. The SMILES string of the molecule is CC(NC(N)=O)C(=O)NCc1ccc(C(=O)O)cc1. The number of carbonyl (C=O) groups is 3. The minimum Gasteiger partial charge on any atom is -0.478 e. The lowest BCUT2D eigenvalue weighted by atomic mass is 10.1. The van der Waals surface area contributed by atoms with E-state index in [9.17, 15) is 14.4 Å². The molecule has 0 heterocycles. The van der Waals surface area contributed by atoms with Crippen LogP contribution >= 0.6 is 0 Å². The van der Waals surface area contributed by atoms with Crippen LogP contribution in [0.3, 0.4) is 0 Å². The van der Waals surface area contributed by atoms with Crippen LogP contribution in [-0.2, 0) is 11.3 Å². The van der Waals surface area contributed by atoms with Crippen LogP contribution in [0.5, 0.6) is 0 Å². The number of hydrogen-bond acceptors (Lipinski definition) is 3. The monoisotopic (exact) mass is 265 g/mol. The molecule has 0 radical (unpaired) electrons. The fraction of sp³-hybridized carbons (Fsp3) is 0.250. The Balaban J connectivity index is 2.50. The third-order valence-electron chi connectivity index (χ3n) is 2.42. The Labute approximate surface area is 109 Å². The Kier molecular flexibility index (Phi) is 4.87. The van der Waals surface area contributed by atoms with Crippen LogP contribution in [0.4, 0.5) is 4.79 Å². The maximum atomic E-state index is 11.6. The van der Waals surface area contributed by atoms with E-state index in [2.05, 4.69) is 10.6 Å². The molecule has 0 aliphatic heterocycles. The topological polar surface area (TPSA) is 122 Å². The van der Waals surface area contributed by atoms with E-state index in [4.69, 9.17) is 10.8 Å². The largest absolute Gasteiger partial charge is 0.478 e. The number of benzene rings is 1. The highest BCUT2D eigenvalue weighted by atomic mass is 16.4. The number of carboxylic acids is 1. The third kappa shape index (κ3) is 4.66. The quantitative estimate of drug-likeness (QED) is 0.601. The summed E-state index contributed by atoms with van der Waals surface area (Å²) in [4.78, 5) is 32.8. The van der Waals surface area contributed by atoms with E-state index in [1.807, 2.05) is 0 Å². The summed E-state index contributed by atoms with van der Waals surface area (Å²) in [6, 6.07) is 4.62. The molecular formula is C12H15N3O4. The zero-order chi connectivity index (χ0) is 14.4. The standard InChI is InChI=1S/C12H15N3O4/c1-7(15-12(13)19)10(16)14-6-8-2-4-9(5-3-8)11(17)18/h2-5,7H,6H2,1H3,(H,14,16)(H,17,18)(H3,13,15,19). The highest BCUT2D eigenvalue weighted by Crippen LogP contribution is 2.04. The van der Waals surface area contributed by atoms with Crippen molar-refractivity contribution in [2.24, 2.45) is 5.73 Å². The van der Waals surface area contributed by atoms with E-state index in [0.29, 0.717) is 0 Å². The van der Waals surface area contributed by atoms with E-state index in [0.717, 1.165) is 5.56 Å². The van der Waals surface area contributed by atoms with Crippen molar-refractivity contribution < 1.29 is 19.5 Å². The van der Waals surface area contributed by atoms with Gasteiger partial charge in [0.05, 0.1) is 5.56 Å². The highest BCUT2D eigenvalue weighted by molar-refractivity contribution is 5.87. The van der Waals surface area contributed by atoms with Gasteiger partial charge in [0.1, 0.15) is 6.04 Å². The number of aromatic carboxylic acids is 1. The highest BCUT2D eigenvalue weighted by Gasteiger charge is 2.13. The molecule has 1 atom stereocenters. The smallest absolute Gasteiger partial charge is 0.335 e. The first-order valence-corrected chi connectivity index (χ1v) is 5.56. The zero-order valence-corrected chi connectivity index (χ0v) is 10.3. The zero-order valence-electron chi connectivity index (χ0n) is 10.3. The Hall–Kier alpha value is -2.57. The van der Waals surface area contributed by atoms with E-state index < -0.39 is 18.0 Å². The van der Waals surface area contributed by atoms with Crippen molar-refractivity contribution in [2.75, 3.05) is 0 Å². The molecule has 0 bridgehead atoms. The van der Waals surface area contributed by atoms with Gasteiger partial charge in [-0.05, 0) is 24.6 Å². The predicted octanol–water partition coefficient (Wildman–Crippen LogP) is 0.0578. The first kappa shape index (κ1) is 14.5. The second-order valence-corrected chi connectivity index (χ2v) is 3.95. The lowest BCUT2D eigenvalue weighted by Crippen LogP contribution is -2.46. The summed E-state index contributed by atoms with van der Waals surface area (Å²) in [6.45, 7) is 1.75. The van der Waals surface area contributed by atoms with Gasteiger partial charge in [-0.2, -0.15) is 0 Å². The van der Waals surface area contributed by atoms with Crippen LogP contribution in [0.15, 0.2) is 24.3 Å². The van der Waals surface area contributed by atoms with Crippen molar-refractivity contribution in [3.63, 3.8) is 0 Å². The number of amides is 3. The van der Waals surface area contributed by atoms with Crippen molar-refractivity contribution in [3.05, 3.63) is 35.4 Å². The number of carbonyl (C=O) groups excluding carboxylic acids is 2. The molecule has 0 aliphatic carbocycles. The molecule has 7 heteroatoms. The second-order valence-electron chi connectivity index (χ2n) is 3.95. The molecule has 19 heavy (non-hydrogen) atoms. The van der Waals surface area contributed by atoms with Crippen molar-refractivity contribution in [1.29, 1.82) is 0 Å². The lowest BCUT2D eigenvalue weighted by Gasteiger charge is -2.12. The molecule has 1 rings (SSSR count). The maximum Gasteiger partial charge on any atom is 0.335 e. The molecule has 1 aromatic rings. The normalized spacial score (nSPS) is 11.4. The summed E-state index contributed by atoms with van der Waals surface area (Å²) in [5.41, 5.74) is 5.83. The molecule has 0 saturated carbocycles. The Morgan fingerprint density at radius 3 is 2.32 bits per heavy atom. The van der Waals surface area contributed by atoms with Gasteiger partial charge in [0.15, 0.2) is 0 Å². The Morgan fingerprint density at radius 1 is 1.26 bits per heavy atom. The molecule has 0 aromatic heterocycles. The van der Waals surface area contributed by atoms with Gasteiger partial charge in [-0.25, -0.2) is 9.59 Å². The van der Waals surface area contributed by atoms with Gasteiger partial charge >= 0.3 is 12.0 Å². The van der Waals surface area contributed by atoms with Gasteiger partial charge in [0, 0.05) is 6.54 Å². The van der Waals surface area contributed by atoms with Crippen molar-refractivity contribution in [2.45, 2.75) is 19.5 Å². The minimum atomic E-state index is -1.00. The van der Waals surface area contributed by atoms with Crippen LogP contribution < -0.4 is 16.4 Å². The van der Waals surface area contributed by atoms with E-state index in [1.54, 1.807) is 12.1 Å². The molecule has 5 N–H and O–H groups in total. The number of urea groups is 1. The van der Waals surface area contributed by atoms with E-state index in [-0.39, 0.29) is 18.0 Å². The number of nitrogens with two attached hydrogens (primary N) is 1. The summed E-state index contributed by atoms with van der Waals surface area (Å²) in [5.74, 6) is -1.38. The molecule has 0 spiro atoms. The summed E-state index contributed by atoms with van der Waals surface area (Å²) in [7, 11) is 0. The Bertz CT molecular complexity index is 484. The van der Waals surface area contributed by atoms with Crippen LogP contribution in [0.2, 0.25) is 0 Å². The van der Waals surface area contributed by atoms with Gasteiger partial charge in [-0.15, -0.1) is 0 Å². The first-order valence-electron chi connectivity index (χ1n) is 5.56. The average molecular weight is 265 g/mol. The summed E-state index contributed by atoms with van der Waals surface area (Å²) in [5, 5.41) is 13.6. The lowest BCUT2D eigenvalue weighted by molar-refractivity contribution is -0.122. The Morgan fingerprint density at radius 2 is 1.84 bits per heavy atom. The van der Waals surface area contributed by atoms with Crippen LogP contribution in [-0.4, -0.2) is 29.1 Å². The van der Waals surface area contributed by atoms with Gasteiger partial charge < -0.3 is 21.5 Å². The molecular weight excluding hydrogens is 250 g/mol. The van der Waals surface area contributed by atoms with E-state index in [1.165, 1.54) is 19.1 Å². The third-order valence-corrected chi connectivity index (χ3v) is 2.42. The van der Waals surface area contributed by atoms with Crippen molar-refractivity contribution in [1.82, 2.24) is 10.6 Å². The van der Waals surface area contributed by atoms with E-state index >= 15 is 0 Å². The summed E-state index contributed by atoms with van der Waals surface area (Å²) in [6.07, 6.45) is 0. The van der Waals surface area contributed by atoms with Crippen LogP contribution in [0.25, 0.3) is 0 Å². The second kappa shape index (κ2) is 6.39. The number of primary amides is 1.